The van der Waals surface area contributed by atoms with Gasteiger partial charge in [0, 0.05) is 12.0 Å². The molecule has 0 aliphatic carbocycles. The summed E-state index contributed by atoms with van der Waals surface area (Å²) in [5.74, 6) is 1.26. The molecule has 2 rings (SSSR count). The molecule has 2 aromatic rings. The average Bonchev–Trinajstić information content (AvgIpc) is 2.46. The minimum absolute atomic E-state index is 0.355. The SMILES string of the molecule is CC(C)c1nc2nnc(Cl)cc2[nH]1. The molecular formula is C8H9ClN4. The Labute approximate surface area is 80.3 Å². The first-order valence-electron chi connectivity index (χ1n) is 4.05. The third-order valence-electron chi connectivity index (χ3n) is 1.78. The van der Waals surface area contributed by atoms with E-state index >= 15 is 0 Å². The number of hydrogen-bond donors (Lipinski definition) is 1. The third-order valence-corrected chi connectivity index (χ3v) is 1.97. The second kappa shape index (κ2) is 2.96. The van der Waals surface area contributed by atoms with Gasteiger partial charge in [-0.05, 0) is 0 Å². The van der Waals surface area contributed by atoms with Gasteiger partial charge in [-0.1, -0.05) is 25.4 Å². The van der Waals surface area contributed by atoms with Crippen molar-refractivity contribution in [2.24, 2.45) is 0 Å². The number of nitrogens with zero attached hydrogens (tertiary/aromatic N) is 3. The molecule has 68 valence electrons. The Morgan fingerprint density at radius 1 is 1.38 bits per heavy atom. The molecule has 0 fully saturated rings. The lowest BCUT2D eigenvalue weighted by molar-refractivity contribution is 0.797. The molecule has 0 aromatic carbocycles. The Balaban J connectivity index is 2.62. The largest absolute Gasteiger partial charge is 0.340 e. The molecule has 13 heavy (non-hydrogen) atoms. The fraction of sp³-hybridized carbons (Fsp3) is 0.375. The van der Waals surface area contributed by atoms with Crippen molar-refractivity contribution >= 4 is 22.8 Å². The molecule has 0 radical (unpaired) electrons. The molecule has 0 saturated heterocycles. The summed E-state index contributed by atoms with van der Waals surface area (Å²) >= 11 is 5.69. The number of halogens is 1. The van der Waals surface area contributed by atoms with E-state index in [1.54, 1.807) is 6.07 Å². The van der Waals surface area contributed by atoms with Crippen LogP contribution in [-0.4, -0.2) is 20.2 Å². The Hall–Kier alpha value is -1.16. The molecule has 2 heterocycles. The smallest absolute Gasteiger partial charge is 0.200 e. The molecule has 0 unspecified atom stereocenters. The predicted molar refractivity (Wildman–Crippen MR) is 50.8 cm³/mol. The molecule has 0 bridgehead atoms. The predicted octanol–water partition coefficient (Wildman–Crippen LogP) is 2.13. The summed E-state index contributed by atoms with van der Waals surface area (Å²) in [6.45, 7) is 4.12. The van der Waals surface area contributed by atoms with E-state index in [4.69, 9.17) is 11.6 Å². The van der Waals surface area contributed by atoms with E-state index in [1.165, 1.54) is 0 Å². The van der Waals surface area contributed by atoms with Crippen LogP contribution in [0.1, 0.15) is 25.6 Å². The van der Waals surface area contributed by atoms with Gasteiger partial charge >= 0.3 is 0 Å². The molecule has 2 aromatic heterocycles. The van der Waals surface area contributed by atoms with Gasteiger partial charge in [0.05, 0.1) is 5.52 Å². The molecule has 1 N–H and O–H groups in total. The fourth-order valence-electron chi connectivity index (χ4n) is 1.09. The minimum Gasteiger partial charge on any atom is -0.340 e. The quantitative estimate of drug-likeness (QED) is 0.760. The summed E-state index contributed by atoms with van der Waals surface area (Å²) in [6, 6.07) is 1.72. The summed E-state index contributed by atoms with van der Waals surface area (Å²) in [7, 11) is 0. The average molecular weight is 197 g/mol. The van der Waals surface area contributed by atoms with Crippen molar-refractivity contribution in [1.29, 1.82) is 0 Å². The maximum absolute atomic E-state index is 5.69. The van der Waals surface area contributed by atoms with Crippen LogP contribution in [0.2, 0.25) is 5.15 Å². The molecule has 0 amide bonds. The second-order valence-electron chi connectivity index (χ2n) is 3.18. The molecule has 0 aliphatic rings. The number of aromatic nitrogens is 4. The van der Waals surface area contributed by atoms with Crippen LogP contribution < -0.4 is 0 Å². The lowest BCUT2D eigenvalue weighted by Crippen LogP contribution is -1.88. The van der Waals surface area contributed by atoms with Crippen LogP contribution >= 0.6 is 11.6 Å². The zero-order valence-corrected chi connectivity index (χ0v) is 8.13. The molecule has 0 saturated carbocycles. The number of rotatable bonds is 1. The van der Waals surface area contributed by atoms with Crippen molar-refractivity contribution in [3.05, 3.63) is 17.0 Å². The van der Waals surface area contributed by atoms with Crippen LogP contribution in [0.5, 0.6) is 0 Å². The zero-order chi connectivity index (χ0) is 9.42. The van der Waals surface area contributed by atoms with Gasteiger partial charge in [0.25, 0.3) is 0 Å². The van der Waals surface area contributed by atoms with E-state index in [-0.39, 0.29) is 0 Å². The fourth-order valence-corrected chi connectivity index (χ4v) is 1.24. The number of nitrogens with one attached hydrogen (secondary N) is 1. The monoisotopic (exact) mass is 196 g/mol. The minimum atomic E-state index is 0.355. The van der Waals surface area contributed by atoms with Crippen molar-refractivity contribution in [2.75, 3.05) is 0 Å². The normalized spacial score (nSPS) is 11.4. The number of H-pyrrole nitrogens is 1. The summed E-state index contributed by atoms with van der Waals surface area (Å²) in [5.41, 5.74) is 1.46. The van der Waals surface area contributed by atoms with E-state index in [2.05, 4.69) is 34.0 Å². The van der Waals surface area contributed by atoms with Crippen LogP contribution in [0.25, 0.3) is 11.2 Å². The number of imidazole rings is 1. The molecule has 4 nitrogen and oxygen atoms in total. The van der Waals surface area contributed by atoms with E-state index < -0.39 is 0 Å². The summed E-state index contributed by atoms with van der Waals surface area (Å²) in [4.78, 5) is 7.40. The van der Waals surface area contributed by atoms with Gasteiger partial charge in [-0.3, -0.25) is 0 Å². The number of aromatic amines is 1. The molecule has 0 atom stereocenters. The Kier molecular flexibility index (Phi) is 1.92. The molecule has 0 aliphatic heterocycles. The summed E-state index contributed by atoms with van der Waals surface area (Å²) < 4.78 is 0. The Bertz CT molecular complexity index is 435. The highest BCUT2D eigenvalue weighted by molar-refractivity contribution is 6.29. The van der Waals surface area contributed by atoms with Gasteiger partial charge in [0.2, 0.25) is 0 Å². The van der Waals surface area contributed by atoms with Crippen LogP contribution in [0.15, 0.2) is 6.07 Å². The van der Waals surface area contributed by atoms with Crippen molar-refractivity contribution in [3.8, 4) is 0 Å². The zero-order valence-electron chi connectivity index (χ0n) is 7.37. The maximum Gasteiger partial charge on any atom is 0.200 e. The first kappa shape index (κ1) is 8.44. The second-order valence-corrected chi connectivity index (χ2v) is 3.57. The van der Waals surface area contributed by atoms with Gasteiger partial charge in [-0.25, -0.2) is 4.98 Å². The molecule has 0 spiro atoms. The number of hydrogen-bond acceptors (Lipinski definition) is 3. The highest BCUT2D eigenvalue weighted by atomic mass is 35.5. The summed E-state index contributed by atoms with van der Waals surface area (Å²) in [6.07, 6.45) is 0. The Morgan fingerprint density at radius 3 is 2.85 bits per heavy atom. The van der Waals surface area contributed by atoms with E-state index in [1.807, 2.05) is 0 Å². The Morgan fingerprint density at radius 2 is 2.15 bits per heavy atom. The first-order chi connectivity index (χ1) is 6.16. The molecule has 5 heteroatoms. The number of fused-ring (bicyclic) bond motifs is 1. The van der Waals surface area contributed by atoms with Crippen molar-refractivity contribution in [2.45, 2.75) is 19.8 Å². The lowest BCUT2D eigenvalue weighted by Gasteiger charge is -1.95. The van der Waals surface area contributed by atoms with Gasteiger partial charge < -0.3 is 4.98 Å². The van der Waals surface area contributed by atoms with Crippen LogP contribution in [0.3, 0.4) is 0 Å². The van der Waals surface area contributed by atoms with Crippen LogP contribution in [0.4, 0.5) is 0 Å². The van der Waals surface area contributed by atoms with Crippen LogP contribution in [-0.2, 0) is 0 Å². The summed E-state index contributed by atoms with van der Waals surface area (Å²) in [5, 5.41) is 7.95. The van der Waals surface area contributed by atoms with Gasteiger partial charge in [0.1, 0.15) is 5.82 Å². The van der Waals surface area contributed by atoms with Crippen molar-refractivity contribution < 1.29 is 0 Å². The molecular weight excluding hydrogens is 188 g/mol. The van der Waals surface area contributed by atoms with E-state index in [0.29, 0.717) is 16.7 Å². The first-order valence-corrected chi connectivity index (χ1v) is 4.43. The lowest BCUT2D eigenvalue weighted by atomic mass is 10.2. The highest BCUT2D eigenvalue weighted by Gasteiger charge is 2.07. The van der Waals surface area contributed by atoms with E-state index in [0.717, 1.165) is 11.3 Å². The van der Waals surface area contributed by atoms with E-state index in [9.17, 15) is 0 Å². The van der Waals surface area contributed by atoms with Crippen molar-refractivity contribution in [1.82, 2.24) is 20.2 Å². The van der Waals surface area contributed by atoms with Crippen molar-refractivity contribution in [3.63, 3.8) is 0 Å². The van der Waals surface area contributed by atoms with Crippen LogP contribution in [0, 0.1) is 0 Å². The highest BCUT2D eigenvalue weighted by Crippen LogP contribution is 2.16. The van der Waals surface area contributed by atoms with Gasteiger partial charge in [0.15, 0.2) is 10.8 Å². The maximum atomic E-state index is 5.69. The van der Waals surface area contributed by atoms with Gasteiger partial charge in [-0.15, -0.1) is 10.2 Å². The topological polar surface area (TPSA) is 54.5 Å². The van der Waals surface area contributed by atoms with Gasteiger partial charge in [-0.2, -0.15) is 0 Å². The standard InChI is InChI=1S/C8H9ClN4/c1-4(2)7-10-5-3-6(9)12-13-8(5)11-7/h3-4H,1-2H3,(H,10,11,13). The third kappa shape index (κ3) is 1.49.